The van der Waals surface area contributed by atoms with E-state index in [-0.39, 0.29) is 31.7 Å². The van der Waals surface area contributed by atoms with Gasteiger partial charge in [-0.15, -0.1) is 12.3 Å². The molecule has 8 nitrogen and oxygen atoms in total. The van der Waals surface area contributed by atoms with E-state index < -0.39 is 46.8 Å². The van der Waals surface area contributed by atoms with E-state index in [4.69, 9.17) is 6.42 Å². The molecule has 0 aromatic carbocycles. The molecule has 1 fully saturated rings. The molecule has 32 heavy (non-hydrogen) atoms. The van der Waals surface area contributed by atoms with Crippen molar-refractivity contribution in [1.29, 1.82) is 0 Å². The Morgan fingerprint density at radius 1 is 1.31 bits per heavy atom. The second-order valence-corrected chi connectivity index (χ2v) is 8.09. The predicted octanol–water partition coefficient (Wildman–Crippen LogP) is 1.54. The number of hydrogen-bond donors (Lipinski definition) is 2. The molecule has 1 aliphatic heterocycles. The van der Waals surface area contributed by atoms with Crippen LogP contribution in [0.1, 0.15) is 59.9 Å². The molecular formula is C22H28F2N4O4. The fourth-order valence-electron chi connectivity index (χ4n) is 4.16. The van der Waals surface area contributed by atoms with Gasteiger partial charge in [-0.05, 0) is 32.6 Å². The summed E-state index contributed by atoms with van der Waals surface area (Å²) in [5, 5.41) is 14.6. The highest BCUT2D eigenvalue weighted by molar-refractivity contribution is 5.99. The molecule has 2 heterocycles. The first-order valence-corrected chi connectivity index (χ1v) is 10.8. The maximum absolute atomic E-state index is 14.1. The Bertz CT molecular complexity index is 964. The van der Waals surface area contributed by atoms with Crippen LogP contribution in [0.3, 0.4) is 0 Å². The van der Waals surface area contributed by atoms with Gasteiger partial charge in [-0.3, -0.25) is 24.1 Å². The van der Waals surface area contributed by atoms with Gasteiger partial charge in [0.2, 0.25) is 5.43 Å². The zero-order valence-electron chi connectivity index (χ0n) is 18.0. The van der Waals surface area contributed by atoms with Crippen LogP contribution in [0.15, 0.2) is 11.0 Å². The van der Waals surface area contributed by atoms with Crippen LogP contribution in [0.5, 0.6) is 5.75 Å². The standard InChI is InChI=1S/C22H28F2N4O4/c1-3-5-6-10-27-13-26(4-2)22(32)18-20(30)19(29)15(12-28(18)27)21(31)25-11-14-16(23)8-7-9-17(14)24/h1,12,14,16-17,30H,4-11,13H2,2H3,(H,25,31). The summed E-state index contributed by atoms with van der Waals surface area (Å²) in [4.78, 5) is 39.6. The lowest BCUT2D eigenvalue weighted by Crippen LogP contribution is -2.54. The van der Waals surface area contributed by atoms with Crippen LogP contribution in [0, 0.1) is 18.3 Å². The van der Waals surface area contributed by atoms with Crippen LogP contribution < -0.4 is 15.8 Å². The van der Waals surface area contributed by atoms with Crippen LogP contribution >= 0.6 is 0 Å². The van der Waals surface area contributed by atoms with Crippen molar-refractivity contribution in [2.75, 3.05) is 31.3 Å². The Balaban J connectivity index is 1.89. The van der Waals surface area contributed by atoms with E-state index in [1.54, 1.807) is 11.9 Å². The van der Waals surface area contributed by atoms with Crippen LogP contribution in [-0.2, 0) is 0 Å². The fourth-order valence-corrected chi connectivity index (χ4v) is 4.16. The minimum atomic E-state index is -1.37. The Labute approximate surface area is 185 Å². The average molecular weight is 450 g/mol. The summed E-state index contributed by atoms with van der Waals surface area (Å²) in [5.74, 6) is -0.695. The number of carbonyl (C=O) groups excluding carboxylic acids is 2. The van der Waals surface area contributed by atoms with Gasteiger partial charge >= 0.3 is 0 Å². The first-order valence-electron chi connectivity index (χ1n) is 10.8. The molecule has 2 unspecified atom stereocenters. The molecule has 0 radical (unpaired) electrons. The molecule has 1 aliphatic carbocycles. The van der Waals surface area contributed by atoms with E-state index >= 15 is 0 Å². The van der Waals surface area contributed by atoms with Crippen molar-refractivity contribution >= 4 is 11.8 Å². The number of carbonyl (C=O) groups is 2. The largest absolute Gasteiger partial charge is 0.502 e. The predicted molar refractivity (Wildman–Crippen MR) is 115 cm³/mol. The normalized spacial score (nSPS) is 22.9. The van der Waals surface area contributed by atoms with Crippen molar-refractivity contribution in [3.8, 4) is 18.1 Å². The van der Waals surface area contributed by atoms with Crippen molar-refractivity contribution in [1.82, 2.24) is 14.9 Å². The topological polar surface area (TPSA) is 94.9 Å². The smallest absolute Gasteiger partial charge is 0.277 e. The second kappa shape index (κ2) is 10.0. The molecule has 2 amide bonds. The van der Waals surface area contributed by atoms with Crippen molar-refractivity contribution in [2.45, 2.75) is 51.4 Å². The Hall–Kier alpha value is -3.09. The molecule has 174 valence electrons. The molecule has 2 atom stereocenters. The number of pyridine rings is 1. The summed E-state index contributed by atoms with van der Waals surface area (Å²) in [6.45, 7) is 2.46. The molecule has 0 spiro atoms. The molecule has 2 N–H and O–H groups in total. The Morgan fingerprint density at radius 3 is 2.62 bits per heavy atom. The fraction of sp³-hybridized carbons (Fsp3) is 0.591. The van der Waals surface area contributed by atoms with Gasteiger partial charge in [-0.2, -0.15) is 0 Å². The summed E-state index contributed by atoms with van der Waals surface area (Å²) in [6, 6.07) is 0. The van der Waals surface area contributed by atoms with Gasteiger partial charge in [0.05, 0.1) is 0 Å². The van der Waals surface area contributed by atoms with Gasteiger partial charge in [-0.1, -0.05) is 0 Å². The zero-order chi connectivity index (χ0) is 23.4. The van der Waals surface area contributed by atoms with Crippen LogP contribution in [0.25, 0.3) is 0 Å². The molecule has 1 aromatic heterocycles. The number of alkyl halides is 2. The summed E-state index contributed by atoms with van der Waals surface area (Å²) in [7, 11) is 0. The van der Waals surface area contributed by atoms with Gasteiger partial charge in [0, 0.05) is 38.2 Å². The number of nitrogens with one attached hydrogen (secondary N) is 1. The third-order valence-corrected chi connectivity index (χ3v) is 6.04. The number of rotatable bonds is 7. The van der Waals surface area contributed by atoms with E-state index in [1.807, 2.05) is 0 Å². The molecule has 0 saturated heterocycles. The summed E-state index contributed by atoms with van der Waals surface area (Å²) < 4.78 is 29.4. The molecule has 0 bridgehead atoms. The lowest BCUT2D eigenvalue weighted by molar-refractivity contribution is 0.0682. The molecule has 1 saturated carbocycles. The highest BCUT2D eigenvalue weighted by Gasteiger charge is 2.36. The van der Waals surface area contributed by atoms with Gasteiger partial charge in [0.25, 0.3) is 11.8 Å². The Morgan fingerprint density at radius 2 is 2.00 bits per heavy atom. The number of halogens is 2. The third-order valence-electron chi connectivity index (χ3n) is 6.04. The minimum Gasteiger partial charge on any atom is -0.502 e. The lowest BCUT2D eigenvalue weighted by atomic mass is 9.86. The van der Waals surface area contributed by atoms with E-state index in [0.29, 0.717) is 32.4 Å². The zero-order valence-corrected chi connectivity index (χ0v) is 18.0. The monoisotopic (exact) mass is 450 g/mol. The van der Waals surface area contributed by atoms with Crippen LogP contribution in [0.4, 0.5) is 8.78 Å². The number of unbranched alkanes of at least 4 members (excludes halogenated alkanes) is 1. The molecule has 2 aliphatic rings. The molecular weight excluding hydrogens is 422 g/mol. The van der Waals surface area contributed by atoms with Gasteiger partial charge in [0.1, 0.15) is 24.6 Å². The number of terminal acetylenes is 1. The van der Waals surface area contributed by atoms with Gasteiger partial charge < -0.3 is 15.3 Å². The third kappa shape index (κ3) is 4.56. The van der Waals surface area contributed by atoms with E-state index in [9.17, 15) is 28.3 Å². The van der Waals surface area contributed by atoms with E-state index in [1.165, 1.54) is 15.8 Å². The second-order valence-electron chi connectivity index (χ2n) is 8.09. The maximum Gasteiger partial charge on any atom is 0.277 e. The van der Waals surface area contributed by atoms with Gasteiger partial charge in [0.15, 0.2) is 11.4 Å². The van der Waals surface area contributed by atoms with Crippen molar-refractivity contribution in [3.05, 3.63) is 27.7 Å². The highest BCUT2D eigenvalue weighted by atomic mass is 19.1. The summed E-state index contributed by atoms with van der Waals surface area (Å²) in [6.07, 6.45) is 5.73. The number of amides is 2. The Kier molecular flexibility index (Phi) is 7.38. The molecule has 3 rings (SSSR count). The molecule has 10 heteroatoms. The van der Waals surface area contributed by atoms with Crippen molar-refractivity contribution in [3.63, 3.8) is 0 Å². The highest BCUT2D eigenvalue weighted by Crippen LogP contribution is 2.29. The van der Waals surface area contributed by atoms with Crippen LogP contribution in [-0.4, -0.2) is 65.1 Å². The van der Waals surface area contributed by atoms with Crippen molar-refractivity contribution in [2.24, 2.45) is 5.92 Å². The SMILES string of the molecule is C#CCCCN1CN(CC)C(=O)c2c(O)c(=O)c(C(=O)NCC3C(F)CCCC3F)cn21. The number of hydrogen-bond acceptors (Lipinski definition) is 5. The summed E-state index contributed by atoms with van der Waals surface area (Å²) in [5.41, 5.74) is -1.66. The van der Waals surface area contributed by atoms with Gasteiger partial charge in [-0.25, -0.2) is 8.78 Å². The van der Waals surface area contributed by atoms with E-state index in [2.05, 4.69) is 11.2 Å². The quantitative estimate of drug-likeness (QED) is 0.486. The van der Waals surface area contributed by atoms with Crippen LogP contribution in [0.2, 0.25) is 0 Å². The first kappa shape index (κ1) is 23.6. The number of aromatic hydroxyl groups is 1. The average Bonchev–Trinajstić information content (AvgIpc) is 2.76. The number of fused-ring (bicyclic) bond motifs is 1. The summed E-state index contributed by atoms with van der Waals surface area (Å²) >= 11 is 0. The lowest BCUT2D eigenvalue weighted by Gasteiger charge is -2.39. The molecule has 1 aromatic rings. The maximum atomic E-state index is 14.1. The van der Waals surface area contributed by atoms with Crippen molar-refractivity contribution < 1.29 is 23.5 Å². The minimum absolute atomic E-state index is 0.186. The number of nitrogens with zero attached hydrogens (tertiary/aromatic N) is 3. The first-order chi connectivity index (χ1) is 15.3. The number of aromatic nitrogens is 1. The van der Waals surface area contributed by atoms with E-state index in [0.717, 1.165) is 0 Å².